The van der Waals surface area contributed by atoms with Gasteiger partial charge in [0.05, 0.1) is 22.7 Å². The first-order valence-corrected chi connectivity index (χ1v) is 10.3. The second kappa shape index (κ2) is 8.08. The van der Waals surface area contributed by atoms with Gasteiger partial charge in [0.15, 0.2) is 12.4 Å². The molecule has 0 saturated carbocycles. The molecule has 0 aromatic heterocycles. The lowest BCUT2D eigenvalue weighted by molar-refractivity contribution is -0.129. The van der Waals surface area contributed by atoms with Gasteiger partial charge >= 0.3 is 5.97 Å². The number of esters is 1. The molecule has 8 heteroatoms. The van der Waals surface area contributed by atoms with Crippen molar-refractivity contribution in [2.75, 3.05) is 19.7 Å². The number of benzene rings is 1. The molecule has 1 saturated heterocycles. The summed E-state index contributed by atoms with van der Waals surface area (Å²) in [5.74, 6) is -0.851. The monoisotopic (exact) mass is 397 g/mol. The molecule has 2 atom stereocenters. The zero-order valence-corrected chi connectivity index (χ0v) is 17.2. The zero-order chi connectivity index (χ0) is 20.4. The molecular formula is C19H27NO6S. The van der Waals surface area contributed by atoms with Crippen LogP contribution in [-0.2, 0) is 24.3 Å². The van der Waals surface area contributed by atoms with E-state index in [1.807, 2.05) is 13.8 Å². The van der Waals surface area contributed by atoms with E-state index in [1.165, 1.54) is 28.6 Å². The Balaban J connectivity index is 2.08. The summed E-state index contributed by atoms with van der Waals surface area (Å²) in [6, 6.07) is 5.54. The smallest absolute Gasteiger partial charge is 0.338 e. The summed E-state index contributed by atoms with van der Waals surface area (Å²) in [6.07, 6.45) is -0.365. The van der Waals surface area contributed by atoms with Crippen molar-refractivity contribution < 1.29 is 27.5 Å². The van der Waals surface area contributed by atoms with Crippen LogP contribution in [0.5, 0.6) is 0 Å². The van der Waals surface area contributed by atoms with Crippen LogP contribution in [0.2, 0.25) is 0 Å². The van der Waals surface area contributed by atoms with Gasteiger partial charge in [-0.25, -0.2) is 13.2 Å². The van der Waals surface area contributed by atoms with Crippen LogP contribution < -0.4 is 0 Å². The first-order valence-electron chi connectivity index (χ1n) is 8.87. The Bertz CT molecular complexity index is 784. The maximum atomic E-state index is 12.8. The molecule has 1 fully saturated rings. The van der Waals surface area contributed by atoms with Crippen LogP contribution in [-0.4, -0.2) is 56.4 Å². The van der Waals surface area contributed by atoms with Gasteiger partial charge in [0.2, 0.25) is 10.0 Å². The molecule has 0 amide bonds. The highest BCUT2D eigenvalue weighted by Crippen LogP contribution is 2.22. The second-order valence-electron chi connectivity index (χ2n) is 7.85. The Morgan fingerprint density at radius 3 is 2.11 bits per heavy atom. The van der Waals surface area contributed by atoms with Crippen LogP contribution in [0, 0.1) is 5.41 Å². The molecule has 0 spiro atoms. The fourth-order valence-corrected chi connectivity index (χ4v) is 4.26. The number of hydrogen-bond acceptors (Lipinski definition) is 6. The van der Waals surface area contributed by atoms with Crippen molar-refractivity contribution in [2.45, 2.75) is 51.7 Å². The molecule has 7 nitrogen and oxygen atoms in total. The lowest BCUT2D eigenvalue weighted by Gasteiger charge is -2.34. The number of Topliss-reactive ketones (excluding diaryl/α,β-unsaturated/α-hetero) is 1. The minimum absolute atomic E-state index is 0.103. The predicted molar refractivity (Wildman–Crippen MR) is 100.0 cm³/mol. The highest BCUT2D eigenvalue weighted by Gasteiger charge is 2.32. The Labute approximate surface area is 160 Å². The average Bonchev–Trinajstić information content (AvgIpc) is 2.57. The number of ether oxygens (including phenoxy) is 2. The molecular weight excluding hydrogens is 370 g/mol. The van der Waals surface area contributed by atoms with Crippen LogP contribution in [0.25, 0.3) is 0 Å². The quantitative estimate of drug-likeness (QED) is 0.708. The Morgan fingerprint density at radius 2 is 1.63 bits per heavy atom. The molecule has 1 aliphatic heterocycles. The minimum atomic E-state index is -3.67. The van der Waals surface area contributed by atoms with Crippen molar-refractivity contribution in [3.8, 4) is 0 Å². The zero-order valence-electron chi connectivity index (χ0n) is 16.4. The molecule has 27 heavy (non-hydrogen) atoms. The molecule has 0 bridgehead atoms. The van der Waals surface area contributed by atoms with E-state index in [1.54, 1.807) is 20.8 Å². The third-order valence-electron chi connectivity index (χ3n) is 4.28. The Morgan fingerprint density at radius 1 is 1.11 bits per heavy atom. The van der Waals surface area contributed by atoms with Gasteiger partial charge in [-0.1, -0.05) is 20.8 Å². The molecule has 0 radical (unpaired) electrons. The molecule has 1 aliphatic rings. The van der Waals surface area contributed by atoms with E-state index in [4.69, 9.17) is 9.47 Å². The van der Waals surface area contributed by atoms with Crippen LogP contribution >= 0.6 is 0 Å². The summed E-state index contributed by atoms with van der Waals surface area (Å²) in [5.41, 5.74) is -0.399. The van der Waals surface area contributed by atoms with Gasteiger partial charge in [-0.15, -0.1) is 0 Å². The van der Waals surface area contributed by atoms with E-state index in [9.17, 15) is 18.0 Å². The largest absolute Gasteiger partial charge is 0.454 e. The molecule has 150 valence electrons. The van der Waals surface area contributed by atoms with Gasteiger partial charge in [0.1, 0.15) is 0 Å². The van der Waals surface area contributed by atoms with Crippen molar-refractivity contribution in [1.82, 2.24) is 4.31 Å². The van der Waals surface area contributed by atoms with Crippen molar-refractivity contribution in [3.05, 3.63) is 29.8 Å². The SMILES string of the molecule is C[C@@H]1CN(S(=O)(=O)c2ccc(C(=O)OCC(=O)C(C)(C)C)cc2)C[C@@H](C)O1. The summed E-state index contributed by atoms with van der Waals surface area (Å²) in [5, 5.41) is 0. The van der Waals surface area contributed by atoms with E-state index in [2.05, 4.69) is 0 Å². The van der Waals surface area contributed by atoms with Crippen LogP contribution in [0.1, 0.15) is 45.0 Å². The molecule has 0 aliphatic carbocycles. The number of morpholine rings is 1. The Hall–Kier alpha value is -1.77. The van der Waals surface area contributed by atoms with Crippen LogP contribution in [0.15, 0.2) is 29.2 Å². The summed E-state index contributed by atoms with van der Waals surface area (Å²) in [6.45, 7) is 9.15. The number of ketones is 1. The summed E-state index contributed by atoms with van der Waals surface area (Å²) in [7, 11) is -3.67. The molecule has 1 aromatic carbocycles. The maximum Gasteiger partial charge on any atom is 0.338 e. The van der Waals surface area contributed by atoms with Gasteiger partial charge in [-0.2, -0.15) is 4.31 Å². The Kier molecular flexibility index (Phi) is 6.44. The van der Waals surface area contributed by atoms with Crippen LogP contribution in [0.3, 0.4) is 0 Å². The maximum absolute atomic E-state index is 12.8. The van der Waals surface area contributed by atoms with Crippen molar-refractivity contribution in [3.63, 3.8) is 0 Å². The third kappa shape index (κ3) is 5.37. The lowest BCUT2D eigenvalue weighted by atomic mass is 9.91. The first-order chi connectivity index (χ1) is 12.4. The van der Waals surface area contributed by atoms with Crippen LogP contribution in [0.4, 0.5) is 0 Å². The standard InChI is InChI=1S/C19H27NO6S/c1-13-10-20(11-14(2)26-13)27(23,24)16-8-6-15(7-9-16)18(22)25-12-17(21)19(3,4)5/h6-9,13-14H,10-12H2,1-5H3/t13-,14-/m1/s1. The summed E-state index contributed by atoms with van der Waals surface area (Å²) < 4.78 is 37.6. The van der Waals surface area contributed by atoms with E-state index >= 15 is 0 Å². The molecule has 0 unspecified atom stereocenters. The fourth-order valence-electron chi connectivity index (χ4n) is 2.67. The minimum Gasteiger partial charge on any atom is -0.454 e. The molecule has 1 heterocycles. The summed E-state index contributed by atoms with van der Waals surface area (Å²) >= 11 is 0. The van der Waals surface area contributed by atoms with E-state index < -0.39 is 21.4 Å². The van der Waals surface area contributed by atoms with E-state index in [-0.39, 0.29) is 48.1 Å². The number of carbonyl (C=O) groups excluding carboxylic acids is 2. The predicted octanol–water partition coefficient (Wildman–Crippen LogP) is 2.26. The molecule has 1 aromatic rings. The fraction of sp³-hybridized carbons (Fsp3) is 0.579. The number of carbonyl (C=O) groups is 2. The van der Waals surface area contributed by atoms with Gasteiger partial charge in [-0.05, 0) is 38.1 Å². The average molecular weight is 397 g/mol. The van der Waals surface area contributed by atoms with Gasteiger partial charge in [0.25, 0.3) is 0 Å². The van der Waals surface area contributed by atoms with Crippen molar-refractivity contribution in [2.24, 2.45) is 5.41 Å². The molecule has 0 N–H and O–H groups in total. The number of sulfonamides is 1. The topological polar surface area (TPSA) is 90.0 Å². The van der Waals surface area contributed by atoms with Gasteiger partial charge in [0, 0.05) is 18.5 Å². The van der Waals surface area contributed by atoms with Gasteiger partial charge < -0.3 is 9.47 Å². The second-order valence-corrected chi connectivity index (χ2v) is 9.79. The van der Waals surface area contributed by atoms with Crippen molar-refractivity contribution >= 4 is 21.8 Å². The van der Waals surface area contributed by atoms with E-state index in [0.717, 1.165) is 0 Å². The number of nitrogens with zero attached hydrogens (tertiary/aromatic N) is 1. The lowest BCUT2D eigenvalue weighted by Crippen LogP contribution is -2.48. The highest BCUT2D eigenvalue weighted by molar-refractivity contribution is 7.89. The number of rotatable bonds is 5. The normalized spacial score (nSPS) is 21.7. The molecule has 2 rings (SSSR count). The number of hydrogen-bond donors (Lipinski definition) is 0. The van der Waals surface area contributed by atoms with Crippen molar-refractivity contribution in [1.29, 1.82) is 0 Å². The first kappa shape index (κ1) is 21.5. The van der Waals surface area contributed by atoms with Gasteiger partial charge in [-0.3, -0.25) is 4.79 Å². The summed E-state index contributed by atoms with van der Waals surface area (Å²) in [4.78, 5) is 24.0. The van der Waals surface area contributed by atoms with E-state index in [0.29, 0.717) is 0 Å². The third-order valence-corrected chi connectivity index (χ3v) is 6.13. The highest BCUT2D eigenvalue weighted by atomic mass is 32.2.